The molecule has 0 spiro atoms. The molecule has 1 radical (unpaired) electrons. The Balaban J connectivity index is 0. The van der Waals surface area contributed by atoms with E-state index < -0.39 is 0 Å². The molecule has 0 nitrogen and oxygen atoms in total. The second-order valence-electron chi connectivity index (χ2n) is 0. The van der Waals surface area contributed by atoms with Crippen LogP contribution in [-0.4, -0.2) is 0 Å². The molecule has 0 atom stereocenters. The van der Waals surface area contributed by atoms with Crippen molar-refractivity contribution in [2.45, 2.75) is 0 Å². The summed E-state index contributed by atoms with van der Waals surface area (Å²) in [7, 11) is 0. The summed E-state index contributed by atoms with van der Waals surface area (Å²) in [4.78, 5) is 0. The summed E-state index contributed by atoms with van der Waals surface area (Å²) in [6.45, 7) is 0. The maximum Gasteiger partial charge on any atom is 1.00 e. The van der Waals surface area contributed by atoms with Gasteiger partial charge in [-0.3, -0.25) is 0 Å². The maximum atomic E-state index is 0. The third kappa shape index (κ3) is 20.6. The van der Waals surface area contributed by atoms with Crippen molar-refractivity contribution < 1.29 is 53.4 Å². The molecule has 0 N–H and O–H groups in total. The second kappa shape index (κ2) is 30.5. The number of halogens is 3. The quantitative estimate of drug-likeness (QED) is 0.469. The van der Waals surface area contributed by atoms with Crippen molar-refractivity contribution >= 4 is 37.2 Å². The van der Waals surface area contributed by atoms with E-state index in [0.29, 0.717) is 0 Å². The Bertz CT molecular complexity index is 10.8. The zero-order chi connectivity index (χ0) is 0. The van der Waals surface area contributed by atoms with Gasteiger partial charge >= 0.3 is 29.6 Å². The van der Waals surface area contributed by atoms with Crippen molar-refractivity contribution in [1.29, 1.82) is 0 Å². The molecule has 0 unspecified atom stereocenters. The average Bonchev–Trinajstić information content (AvgIpc) is 0. The summed E-state index contributed by atoms with van der Waals surface area (Å²) < 4.78 is 0. The van der Waals surface area contributed by atoms with E-state index >= 15 is 0 Å². The first kappa shape index (κ1) is 48.8. The van der Waals surface area contributed by atoms with Crippen LogP contribution >= 0.6 is 37.2 Å². The van der Waals surface area contributed by atoms with Gasteiger partial charge in [-0.2, -0.15) is 0 Å². The van der Waals surface area contributed by atoms with Crippen LogP contribution in [0.25, 0.3) is 0 Å². The van der Waals surface area contributed by atoms with Gasteiger partial charge in [-0.25, -0.2) is 0 Å². The first-order valence-electron chi connectivity index (χ1n) is 0. The predicted octanol–water partition coefficient (Wildman–Crippen LogP) is -1.62. The van der Waals surface area contributed by atoms with Gasteiger partial charge in [-0.1, -0.05) is 0 Å². The molecule has 0 heterocycles. The molecular weight excluding hydrogens is 326 g/mol. The molecule has 0 aromatic rings. The fourth-order valence-electron chi connectivity index (χ4n) is 0. The molecule has 0 aromatic heterocycles. The molecular formula is H4AuCl3Na. The van der Waals surface area contributed by atoms with E-state index in [0.717, 1.165) is 0 Å². The van der Waals surface area contributed by atoms with E-state index in [1.807, 2.05) is 0 Å². The van der Waals surface area contributed by atoms with E-state index in [4.69, 9.17) is 0 Å². The van der Waals surface area contributed by atoms with E-state index in [1.54, 1.807) is 0 Å². The Hall–Kier alpha value is 2.61. The minimum Gasteiger partial charge on any atom is -1.00 e. The van der Waals surface area contributed by atoms with Crippen molar-refractivity contribution in [3.8, 4) is 0 Å². The Morgan fingerprint density at radius 3 is 0.800 bits per heavy atom. The number of hydrogen-bond acceptors (Lipinski definition) is 0. The van der Waals surface area contributed by atoms with Crippen LogP contribution in [0.3, 0.4) is 0 Å². The summed E-state index contributed by atoms with van der Waals surface area (Å²) in [6.07, 6.45) is 0. The molecule has 0 aliphatic carbocycles. The summed E-state index contributed by atoms with van der Waals surface area (Å²) in [5.41, 5.74) is 0. The standard InChI is InChI=1S/Au.3ClH.Na.H/h;3*1H;;/q;;;;+1;-1. The van der Waals surface area contributed by atoms with E-state index in [2.05, 4.69) is 0 Å². The third-order valence-electron chi connectivity index (χ3n) is 0. The van der Waals surface area contributed by atoms with Crippen molar-refractivity contribution in [3.05, 3.63) is 0 Å². The van der Waals surface area contributed by atoms with Crippen molar-refractivity contribution in [1.82, 2.24) is 0 Å². The zero-order valence-corrected chi connectivity index (χ0v) is 9.14. The fourth-order valence-corrected chi connectivity index (χ4v) is 0. The molecule has 0 bridgehead atoms. The second-order valence-corrected chi connectivity index (χ2v) is 0. The molecule has 5 heavy (non-hydrogen) atoms. The minimum absolute atomic E-state index is 0. The maximum absolute atomic E-state index is 0. The molecule has 0 aliphatic rings. The van der Waals surface area contributed by atoms with Crippen LogP contribution in [0.5, 0.6) is 0 Å². The van der Waals surface area contributed by atoms with Gasteiger partial charge in [0.05, 0.1) is 0 Å². The smallest absolute Gasteiger partial charge is 1.00 e. The van der Waals surface area contributed by atoms with Gasteiger partial charge in [0, 0.05) is 22.4 Å². The van der Waals surface area contributed by atoms with Crippen molar-refractivity contribution in [2.75, 3.05) is 0 Å². The van der Waals surface area contributed by atoms with Crippen LogP contribution in [0.2, 0.25) is 0 Å². The topological polar surface area (TPSA) is 0 Å². The third-order valence-corrected chi connectivity index (χ3v) is 0. The normalized spacial score (nSPS) is 0. The van der Waals surface area contributed by atoms with Crippen LogP contribution in [0, 0.1) is 0 Å². The Morgan fingerprint density at radius 2 is 0.800 bits per heavy atom. The van der Waals surface area contributed by atoms with Gasteiger partial charge in [0.25, 0.3) is 0 Å². The van der Waals surface area contributed by atoms with Crippen LogP contribution in [-0.2, 0) is 22.4 Å². The Morgan fingerprint density at radius 1 is 0.800 bits per heavy atom. The fraction of sp³-hybridized carbons (Fsp3) is 0. The van der Waals surface area contributed by atoms with Crippen molar-refractivity contribution in [3.63, 3.8) is 0 Å². The number of rotatable bonds is 0. The first-order valence-corrected chi connectivity index (χ1v) is 0. The summed E-state index contributed by atoms with van der Waals surface area (Å²) in [5, 5.41) is 0. The van der Waals surface area contributed by atoms with Crippen molar-refractivity contribution in [2.24, 2.45) is 0 Å². The molecule has 0 rings (SSSR count). The minimum atomic E-state index is 0. The molecule has 0 saturated carbocycles. The van der Waals surface area contributed by atoms with Crippen LogP contribution in [0.15, 0.2) is 0 Å². The molecule has 0 fully saturated rings. The zero-order valence-electron chi connectivity index (χ0n) is 3.53. The van der Waals surface area contributed by atoms with E-state index in [-0.39, 0.29) is 90.6 Å². The van der Waals surface area contributed by atoms with Crippen LogP contribution < -0.4 is 29.6 Å². The Kier molecular flexibility index (Phi) is 298. The SMILES string of the molecule is Cl.Cl.Cl.[Au].[H-].[Na+]. The average molecular weight is 330 g/mol. The summed E-state index contributed by atoms with van der Waals surface area (Å²) >= 11 is 0. The van der Waals surface area contributed by atoms with Gasteiger partial charge < -0.3 is 1.43 Å². The van der Waals surface area contributed by atoms with Gasteiger partial charge in [0.15, 0.2) is 0 Å². The van der Waals surface area contributed by atoms with Gasteiger partial charge in [0.2, 0.25) is 0 Å². The number of hydrogen-bond donors (Lipinski definition) is 0. The molecule has 0 aliphatic heterocycles. The van der Waals surface area contributed by atoms with E-state index in [1.165, 1.54) is 0 Å². The predicted molar refractivity (Wildman–Crippen MR) is 22.9 cm³/mol. The van der Waals surface area contributed by atoms with Crippen LogP contribution in [0.1, 0.15) is 1.43 Å². The molecule has 0 aromatic carbocycles. The first-order chi connectivity index (χ1) is 0. The van der Waals surface area contributed by atoms with E-state index in [9.17, 15) is 0 Å². The van der Waals surface area contributed by atoms with Gasteiger partial charge in [-0.05, 0) is 0 Å². The summed E-state index contributed by atoms with van der Waals surface area (Å²) in [6, 6.07) is 0. The van der Waals surface area contributed by atoms with Crippen LogP contribution in [0.4, 0.5) is 0 Å². The van der Waals surface area contributed by atoms with Gasteiger partial charge in [0.1, 0.15) is 0 Å². The molecule has 5 heteroatoms. The molecule has 0 amide bonds. The van der Waals surface area contributed by atoms with Gasteiger partial charge in [-0.15, -0.1) is 37.2 Å². The monoisotopic (exact) mass is 329 g/mol. The molecule has 37 valence electrons. The Labute approximate surface area is 89.4 Å². The largest absolute Gasteiger partial charge is 1.00 e. The summed E-state index contributed by atoms with van der Waals surface area (Å²) in [5.74, 6) is 0. The molecule has 0 saturated heterocycles.